The van der Waals surface area contributed by atoms with Crippen molar-refractivity contribution in [1.82, 2.24) is 15.0 Å². The molecule has 164 valence electrons. The van der Waals surface area contributed by atoms with E-state index in [4.69, 9.17) is 4.74 Å². The van der Waals surface area contributed by atoms with E-state index in [1.54, 1.807) is 30.5 Å². The van der Waals surface area contributed by atoms with Crippen LogP contribution in [-0.4, -0.2) is 28.1 Å². The quantitative estimate of drug-likeness (QED) is 0.384. The largest absolute Gasteiger partial charge is 0.497 e. The Morgan fingerprint density at radius 3 is 2.66 bits per heavy atom. The number of urea groups is 1. The van der Waals surface area contributed by atoms with Crippen LogP contribution >= 0.6 is 0 Å². The lowest BCUT2D eigenvalue weighted by atomic mass is 10.0. The van der Waals surface area contributed by atoms with E-state index >= 15 is 0 Å². The molecule has 32 heavy (non-hydrogen) atoms. The summed E-state index contributed by atoms with van der Waals surface area (Å²) in [6.07, 6.45) is -1.70. The molecule has 0 aliphatic carbocycles. The van der Waals surface area contributed by atoms with Crippen LogP contribution in [0.3, 0.4) is 0 Å². The minimum absolute atomic E-state index is 0.256. The fourth-order valence-electron chi connectivity index (χ4n) is 3.36. The second kappa shape index (κ2) is 8.22. The smallest absolute Gasteiger partial charge is 0.418 e. The Balaban J connectivity index is 1.67. The van der Waals surface area contributed by atoms with Crippen molar-refractivity contribution in [2.75, 3.05) is 17.7 Å². The lowest BCUT2D eigenvalue weighted by Crippen LogP contribution is -2.22. The number of methoxy groups -OCH3 is 1. The predicted octanol–water partition coefficient (Wildman–Crippen LogP) is 5.60. The lowest BCUT2D eigenvalue weighted by molar-refractivity contribution is -0.136. The molecule has 2 aromatic carbocycles. The summed E-state index contributed by atoms with van der Waals surface area (Å²) in [7, 11) is 1.47. The summed E-state index contributed by atoms with van der Waals surface area (Å²) < 4.78 is 46.6. The van der Waals surface area contributed by atoms with Gasteiger partial charge in [0.25, 0.3) is 0 Å². The second-order valence-electron chi connectivity index (χ2n) is 6.99. The van der Waals surface area contributed by atoms with Crippen molar-refractivity contribution in [3.8, 4) is 17.0 Å². The highest BCUT2D eigenvalue weighted by Gasteiger charge is 2.34. The number of amides is 2. The third-order valence-corrected chi connectivity index (χ3v) is 4.84. The topological polar surface area (TPSA) is 91.9 Å². The Labute approximate surface area is 180 Å². The maximum atomic E-state index is 13.8. The van der Waals surface area contributed by atoms with E-state index in [1.807, 2.05) is 6.92 Å². The molecule has 0 saturated heterocycles. The van der Waals surface area contributed by atoms with E-state index in [0.29, 0.717) is 28.2 Å². The highest BCUT2D eigenvalue weighted by Crippen LogP contribution is 2.38. The van der Waals surface area contributed by atoms with E-state index in [2.05, 4.69) is 25.6 Å². The number of nitrogens with one attached hydrogen (secondary N) is 3. The first-order valence-corrected chi connectivity index (χ1v) is 9.48. The number of aryl methyl sites for hydroxylation is 1. The van der Waals surface area contributed by atoms with Crippen LogP contribution in [0.1, 0.15) is 11.1 Å². The molecule has 0 fully saturated rings. The van der Waals surface area contributed by atoms with Gasteiger partial charge in [-0.2, -0.15) is 13.2 Å². The van der Waals surface area contributed by atoms with Crippen molar-refractivity contribution in [2.45, 2.75) is 13.1 Å². The summed E-state index contributed by atoms with van der Waals surface area (Å²) in [5, 5.41) is 5.41. The molecule has 3 N–H and O–H groups in total. The average molecular weight is 441 g/mol. The van der Waals surface area contributed by atoms with E-state index in [-0.39, 0.29) is 11.3 Å². The SMILES string of the molecule is COc1cccc(NC(=O)Nc2ccc(-c3ncnc4[nH]cc(C)c34)cc2C(F)(F)F)c1. The number of hydrogen-bond acceptors (Lipinski definition) is 4. The summed E-state index contributed by atoms with van der Waals surface area (Å²) in [6.45, 7) is 1.81. The van der Waals surface area contributed by atoms with Gasteiger partial charge in [-0.3, -0.25) is 0 Å². The van der Waals surface area contributed by atoms with Crippen molar-refractivity contribution >= 4 is 28.4 Å². The monoisotopic (exact) mass is 441 g/mol. The van der Waals surface area contributed by atoms with Gasteiger partial charge in [0, 0.05) is 28.9 Å². The molecule has 0 spiro atoms. The van der Waals surface area contributed by atoms with Gasteiger partial charge in [0.15, 0.2) is 0 Å². The molecule has 0 atom stereocenters. The number of benzene rings is 2. The molecule has 0 aliphatic rings. The van der Waals surface area contributed by atoms with Crippen molar-refractivity contribution in [2.24, 2.45) is 0 Å². The minimum atomic E-state index is -4.70. The number of carbonyl (C=O) groups is 1. The molecule has 4 rings (SSSR count). The van der Waals surface area contributed by atoms with Gasteiger partial charge >= 0.3 is 12.2 Å². The lowest BCUT2D eigenvalue weighted by Gasteiger charge is -2.16. The average Bonchev–Trinajstić information content (AvgIpc) is 3.14. The molecular weight excluding hydrogens is 423 g/mol. The molecule has 2 amide bonds. The number of fused-ring (bicyclic) bond motifs is 1. The summed E-state index contributed by atoms with van der Waals surface area (Å²) >= 11 is 0. The molecule has 0 unspecified atom stereocenters. The number of rotatable bonds is 4. The van der Waals surface area contributed by atoms with Crippen LogP contribution in [0.15, 0.2) is 55.0 Å². The molecule has 2 heterocycles. The molecule has 4 aromatic rings. The van der Waals surface area contributed by atoms with Gasteiger partial charge in [0.05, 0.1) is 24.1 Å². The van der Waals surface area contributed by atoms with Crippen LogP contribution in [0.25, 0.3) is 22.3 Å². The van der Waals surface area contributed by atoms with Gasteiger partial charge in [-0.25, -0.2) is 14.8 Å². The third kappa shape index (κ3) is 4.20. The number of ether oxygens (including phenoxy) is 1. The summed E-state index contributed by atoms with van der Waals surface area (Å²) in [5.41, 5.74) is 0.967. The Kier molecular flexibility index (Phi) is 5.43. The number of halogens is 3. The maximum absolute atomic E-state index is 13.8. The van der Waals surface area contributed by atoms with Gasteiger partial charge in [-0.15, -0.1) is 0 Å². The number of nitrogens with zero attached hydrogens (tertiary/aromatic N) is 2. The van der Waals surface area contributed by atoms with Crippen LogP contribution in [0.4, 0.5) is 29.3 Å². The van der Waals surface area contributed by atoms with Crippen LogP contribution in [0.2, 0.25) is 0 Å². The van der Waals surface area contributed by atoms with Crippen molar-refractivity contribution in [3.05, 3.63) is 66.1 Å². The van der Waals surface area contributed by atoms with Crippen LogP contribution < -0.4 is 15.4 Å². The zero-order chi connectivity index (χ0) is 22.9. The molecule has 10 heteroatoms. The second-order valence-corrected chi connectivity index (χ2v) is 6.99. The first-order chi connectivity index (χ1) is 15.3. The van der Waals surface area contributed by atoms with Crippen molar-refractivity contribution in [1.29, 1.82) is 0 Å². The highest BCUT2D eigenvalue weighted by atomic mass is 19.4. The Bertz CT molecular complexity index is 1300. The molecule has 2 aromatic heterocycles. The van der Waals surface area contributed by atoms with Crippen LogP contribution in [0.5, 0.6) is 5.75 Å². The van der Waals surface area contributed by atoms with E-state index in [0.717, 1.165) is 11.6 Å². The van der Waals surface area contributed by atoms with Crippen molar-refractivity contribution in [3.63, 3.8) is 0 Å². The molecule has 0 bridgehead atoms. The Morgan fingerprint density at radius 2 is 1.91 bits per heavy atom. The number of aromatic nitrogens is 3. The van der Waals surface area contributed by atoms with Crippen LogP contribution in [-0.2, 0) is 6.18 Å². The molecule has 0 saturated carbocycles. The number of H-pyrrole nitrogens is 1. The molecule has 7 nitrogen and oxygen atoms in total. The van der Waals surface area contributed by atoms with Gasteiger partial charge < -0.3 is 20.4 Å². The predicted molar refractivity (Wildman–Crippen MR) is 115 cm³/mol. The number of alkyl halides is 3. The number of hydrogen-bond donors (Lipinski definition) is 3. The zero-order valence-electron chi connectivity index (χ0n) is 17.0. The Hall–Kier alpha value is -4.08. The van der Waals surface area contributed by atoms with Crippen molar-refractivity contribution < 1.29 is 22.7 Å². The fraction of sp³-hybridized carbons (Fsp3) is 0.136. The standard InChI is InChI=1S/C22H18F3N5O2/c1-12-10-26-20-18(12)19(27-11-28-20)13-6-7-17(16(8-13)22(23,24)25)30-21(31)29-14-4-3-5-15(9-14)32-2/h3-11H,1-2H3,(H,26,27,28)(H2,29,30,31). The number of anilines is 2. The van der Waals surface area contributed by atoms with Gasteiger partial charge in [-0.1, -0.05) is 12.1 Å². The first-order valence-electron chi connectivity index (χ1n) is 9.48. The van der Waals surface area contributed by atoms with E-state index < -0.39 is 17.8 Å². The molecular formula is C22H18F3N5O2. The van der Waals surface area contributed by atoms with Gasteiger partial charge in [0.2, 0.25) is 0 Å². The first kappa shape index (κ1) is 21.2. The zero-order valence-corrected chi connectivity index (χ0v) is 17.0. The van der Waals surface area contributed by atoms with E-state index in [1.165, 1.54) is 25.6 Å². The minimum Gasteiger partial charge on any atom is -0.497 e. The van der Waals surface area contributed by atoms with Gasteiger partial charge in [-0.05, 0) is 36.8 Å². The Morgan fingerprint density at radius 1 is 1.09 bits per heavy atom. The van der Waals surface area contributed by atoms with Crippen LogP contribution in [0, 0.1) is 6.92 Å². The van der Waals surface area contributed by atoms with Gasteiger partial charge in [0.1, 0.15) is 17.7 Å². The third-order valence-electron chi connectivity index (χ3n) is 4.84. The fourth-order valence-corrected chi connectivity index (χ4v) is 3.36. The number of carbonyl (C=O) groups excluding carboxylic acids is 1. The molecule has 0 aliphatic heterocycles. The maximum Gasteiger partial charge on any atom is 0.418 e. The summed E-state index contributed by atoms with van der Waals surface area (Å²) in [6, 6.07) is 9.31. The summed E-state index contributed by atoms with van der Waals surface area (Å²) in [4.78, 5) is 23.6. The summed E-state index contributed by atoms with van der Waals surface area (Å²) in [5.74, 6) is 0.499. The number of aromatic amines is 1. The highest BCUT2D eigenvalue weighted by molar-refractivity contribution is 6.01. The normalized spacial score (nSPS) is 11.4. The van der Waals surface area contributed by atoms with E-state index in [9.17, 15) is 18.0 Å². The molecule has 0 radical (unpaired) electrons.